The standard InChI is InChI=1S/C20H23N5O2/c1-14-20(16(3)26)15(2)25(22-14)13-19(27)23(4)12-17-6-8-18(9-7-17)24-11-5-10-21-24/h5-11H,12-13H2,1-4H3. The van der Waals surface area contributed by atoms with E-state index in [9.17, 15) is 9.59 Å². The van der Waals surface area contributed by atoms with Crippen LogP contribution >= 0.6 is 0 Å². The lowest BCUT2D eigenvalue weighted by atomic mass is 10.1. The van der Waals surface area contributed by atoms with Gasteiger partial charge in [-0.15, -0.1) is 0 Å². The summed E-state index contributed by atoms with van der Waals surface area (Å²) in [6.07, 6.45) is 3.62. The minimum absolute atomic E-state index is 0.0330. The molecule has 2 aromatic heterocycles. The van der Waals surface area contributed by atoms with Crippen molar-refractivity contribution in [3.63, 3.8) is 0 Å². The lowest BCUT2D eigenvalue weighted by Crippen LogP contribution is -2.30. The van der Waals surface area contributed by atoms with Gasteiger partial charge in [-0.3, -0.25) is 14.3 Å². The Labute approximate surface area is 158 Å². The molecule has 1 aromatic carbocycles. The molecule has 7 nitrogen and oxygen atoms in total. The van der Waals surface area contributed by atoms with Crippen LogP contribution in [0.3, 0.4) is 0 Å². The van der Waals surface area contributed by atoms with Gasteiger partial charge in [0.1, 0.15) is 6.54 Å². The highest BCUT2D eigenvalue weighted by atomic mass is 16.2. The first kappa shape index (κ1) is 18.6. The maximum Gasteiger partial charge on any atom is 0.244 e. The van der Waals surface area contributed by atoms with Gasteiger partial charge in [-0.25, -0.2) is 4.68 Å². The number of carbonyl (C=O) groups excluding carboxylic acids is 2. The Hall–Kier alpha value is -3.22. The highest BCUT2D eigenvalue weighted by Crippen LogP contribution is 2.15. The van der Waals surface area contributed by atoms with Crippen molar-refractivity contribution < 1.29 is 9.59 Å². The Morgan fingerprint density at radius 1 is 1.15 bits per heavy atom. The lowest BCUT2D eigenvalue weighted by molar-refractivity contribution is -0.131. The van der Waals surface area contributed by atoms with Gasteiger partial charge in [0.05, 0.1) is 16.9 Å². The van der Waals surface area contributed by atoms with Crippen molar-refractivity contribution in [2.75, 3.05) is 7.05 Å². The largest absolute Gasteiger partial charge is 0.340 e. The predicted octanol–water partition coefficient (Wildman–Crippen LogP) is 2.55. The van der Waals surface area contributed by atoms with Gasteiger partial charge in [-0.05, 0) is 44.5 Å². The number of aryl methyl sites for hydroxylation is 1. The highest BCUT2D eigenvalue weighted by molar-refractivity contribution is 5.96. The Kier molecular flexibility index (Phi) is 5.21. The van der Waals surface area contributed by atoms with E-state index < -0.39 is 0 Å². The van der Waals surface area contributed by atoms with Crippen molar-refractivity contribution in [1.29, 1.82) is 0 Å². The van der Waals surface area contributed by atoms with E-state index in [1.54, 1.807) is 34.4 Å². The van der Waals surface area contributed by atoms with Crippen LogP contribution in [0.25, 0.3) is 5.69 Å². The number of likely N-dealkylation sites (N-methyl/N-ethyl adjacent to an activating group) is 1. The Morgan fingerprint density at radius 3 is 2.41 bits per heavy atom. The van der Waals surface area contributed by atoms with E-state index in [0.717, 1.165) is 16.9 Å². The van der Waals surface area contributed by atoms with Crippen molar-refractivity contribution in [1.82, 2.24) is 24.5 Å². The van der Waals surface area contributed by atoms with Crippen molar-refractivity contribution >= 4 is 11.7 Å². The van der Waals surface area contributed by atoms with E-state index in [1.807, 2.05) is 43.5 Å². The summed E-state index contributed by atoms with van der Waals surface area (Å²) in [4.78, 5) is 26.0. The number of nitrogens with zero attached hydrogens (tertiary/aromatic N) is 5. The summed E-state index contributed by atoms with van der Waals surface area (Å²) in [5.74, 6) is -0.0961. The first-order chi connectivity index (χ1) is 12.9. The fourth-order valence-electron chi connectivity index (χ4n) is 3.15. The van der Waals surface area contributed by atoms with Gasteiger partial charge in [-0.1, -0.05) is 12.1 Å². The van der Waals surface area contributed by atoms with Crippen LogP contribution < -0.4 is 0 Å². The molecular weight excluding hydrogens is 342 g/mol. The first-order valence-corrected chi connectivity index (χ1v) is 8.74. The van der Waals surface area contributed by atoms with Crippen LogP contribution in [-0.4, -0.2) is 43.2 Å². The average molecular weight is 365 g/mol. The van der Waals surface area contributed by atoms with Crippen LogP contribution in [0, 0.1) is 13.8 Å². The van der Waals surface area contributed by atoms with Crippen LogP contribution in [0.15, 0.2) is 42.7 Å². The molecule has 0 radical (unpaired) electrons. The third-order valence-corrected chi connectivity index (χ3v) is 4.57. The average Bonchev–Trinajstić information content (AvgIpc) is 3.24. The topological polar surface area (TPSA) is 73.0 Å². The second-order valence-electron chi connectivity index (χ2n) is 6.63. The number of hydrogen-bond donors (Lipinski definition) is 0. The normalized spacial score (nSPS) is 10.8. The molecule has 2 heterocycles. The Morgan fingerprint density at radius 2 is 1.85 bits per heavy atom. The number of rotatable bonds is 6. The van der Waals surface area contributed by atoms with Crippen LogP contribution in [0.2, 0.25) is 0 Å². The summed E-state index contributed by atoms with van der Waals surface area (Å²) in [6, 6.07) is 9.79. The molecule has 0 bridgehead atoms. The van der Waals surface area contributed by atoms with Crippen LogP contribution in [0.5, 0.6) is 0 Å². The van der Waals surface area contributed by atoms with Crippen LogP contribution in [-0.2, 0) is 17.9 Å². The number of benzene rings is 1. The molecule has 0 fully saturated rings. The molecule has 3 aromatic rings. The maximum absolute atomic E-state index is 12.6. The molecular formula is C20H23N5O2. The van der Waals surface area contributed by atoms with Gasteiger partial charge in [0.25, 0.3) is 0 Å². The zero-order valence-electron chi connectivity index (χ0n) is 16.0. The zero-order chi connectivity index (χ0) is 19.6. The molecule has 0 unspecified atom stereocenters. The second-order valence-corrected chi connectivity index (χ2v) is 6.63. The number of amides is 1. The van der Waals surface area contributed by atoms with E-state index in [4.69, 9.17) is 0 Å². The molecule has 0 saturated heterocycles. The lowest BCUT2D eigenvalue weighted by Gasteiger charge is -2.18. The number of hydrogen-bond acceptors (Lipinski definition) is 4. The van der Waals surface area contributed by atoms with Crippen molar-refractivity contribution in [3.05, 3.63) is 65.2 Å². The molecule has 140 valence electrons. The molecule has 0 saturated carbocycles. The van der Waals surface area contributed by atoms with Gasteiger partial charge in [0, 0.05) is 31.7 Å². The molecule has 0 N–H and O–H groups in total. The third kappa shape index (κ3) is 3.97. The van der Waals surface area contributed by atoms with Gasteiger partial charge >= 0.3 is 0 Å². The molecule has 3 rings (SSSR count). The molecule has 0 spiro atoms. The van der Waals surface area contributed by atoms with Crippen molar-refractivity contribution in [2.45, 2.75) is 33.9 Å². The minimum Gasteiger partial charge on any atom is -0.340 e. The monoisotopic (exact) mass is 365 g/mol. The molecule has 1 amide bonds. The fraction of sp³-hybridized carbons (Fsp3) is 0.300. The molecule has 0 atom stereocenters. The Balaban J connectivity index is 1.66. The molecule has 7 heteroatoms. The van der Waals surface area contributed by atoms with E-state index in [1.165, 1.54) is 6.92 Å². The van der Waals surface area contributed by atoms with E-state index >= 15 is 0 Å². The third-order valence-electron chi connectivity index (χ3n) is 4.57. The van der Waals surface area contributed by atoms with Crippen molar-refractivity contribution in [2.24, 2.45) is 0 Å². The van der Waals surface area contributed by atoms with Crippen LogP contribution in [0.4, 0.5) is 0 Å². The number of carbonyl (C=O) groups is 2. The summed E-state index contributed by atoms with van der Waals surface area (Å²) in [5.41, 5.74) is 3.98. The molecule has 27 heavy (non-hydrogen) atoms. The van der Waals surface area contributed by atoms with Crippen molar-refractivity contribution in [3.8, 4) is 5.69 Å². The zero-order valence-corrected chi connectivity index (χ0v) is 16.0. The van der Waals surface area contributed by atoms with Gasteiger partial charge < -0.3 is 4.90 Å². The number of ketones is 1. The second kappa shape index (κ2) is 7.57. The van der Waals surface area contributed by atoms with Gasteiger partial charge in [-0.2, -0.15) is 10.2 Å². The number of aromatic nitrogens is 4. The summed E-state index contributed by atoms with van der Waals surface area (Å²) >= 11 is 0. The fourth-order valence-corrected chi connectivity index (χ4v) is 3.15. The highest BCUT2D eigenvalue weighted by Gasteiger charge is 2.18. The van der Waals surface area contributed by atoms with Gasteiger partial charge in [0.15, 0.2) is 5.78 Å². The minimum atomic E-state index is -0.0631. The SMILES string of the molecule is CC(=O)c1c(C)nn(CC(=O)N(C)Cc2ccc(-n3cccn3)cc2)c1C. The van der Waals surface area contributed by atoms with E-state index in [-0.39, 0.29) is 18.2 Å². The number of Topliss-reactive ketones (excluding diaryl/α,β-unsaturated/α-hetero) is 1. The van der Waals surface area contributed by atoms with Crippen LogP contribution in [0.1, 0.15) is 34.2 Å². The predicted molar refractivity (Wildman–Crippen MR) is 102 cm³/mol. The van der Waals surface area contributed by atoms with E-state index in [0.29, 0.717) is 17.8 Å². The first-order valence-electron chi connectivity index (χ1n) is 8.74. The summed E-state index contributed by atoms with van der Waals surface area (Å²) < 4.78 is 3.39. The summed E-state index contributed by atoms with van der Waals surface area (Å²) in [6.45, 7) is 5.73. The van der Waals surface area contributed by atoms with E-state index in [2.05, 4.69) is 10.2 Å². The quantitative estimate of drug-likeness (QED) is 0.629. The molecule has 0 aliphatic rings. The smallest absolute Gasteiger partial charge is 0.244 e. The van der Waals surface area contributed by atoms with Gasteiger partial charge in [0.2, 0.25) is 5.91 Å². The summed E-state index contributed by atoms with van der Waals surface area (Å²) in [7, 11) is 1.77. The summed E-state index contributed by atoms with van der Waals surface area (Å²) in [5, 5.41) is 8.54. The Bertz CT molecular complexity index is 955. The molecule has 0 aliphatic carbocycles. The maximum atomic E-state index is 12.6. The molecule has 0 aliphatic heterocycles.